The van der Waals surface area contributed by atoms with Crippen LogP contribution in [0.3, 0.4) is 0 Å². The Bertz CT molecular complexity index is 452. The van der Waals surface area contributed by atoms with Gasteiger partial charge in [0, 0.05) is 30.1 Å². The van der Waals surface area contributed by atoms with E-state index in [4.69, 9.17) is 11.6 Å². The van der Waals surface area contributed by atoms with Crippen LogP contribution in [0.5, 0.6) is 0 Å². The van der Waals surface area contributed by atoms with Gasteiger partial charge < -0.3 is 4.90 Å². The Morgan fingerprint density at radius 1 is 1.11 bits per heavy atom. The van der Waals surface area contributed by atoms with Crippen molar-refractivity contribution in [2.45, 2.75) is 31.7 Å². The fourth-order valence-corrected chi connectivity index (χ4v) is 3.90. The van der Waals surface area contributed by atoms with E-state index in [2.05, 4.69) is 31.8 Å². The highest BCUT2D eigenvalue weighted by atomic mass is 79.9. The molecule has 2 saturated heterocycles. The van der Waals surface area contributed by atoms with E-state index in [-0.39, 0.29) is 0 Å². The van der Waals surface area contributed by atoms with Crippen molar-refractivity contribution in [3.63, 3.8) is 0 Å². The SMILES string of the molecule is Clc1ccc(Br)cc1N1CCCN2CCCCC2C1. The summed E-state index contributed by atoms with van der Waals surface area (Å²) in [7, 11) is 0. The molecule has 4 heteroatoms. The van der Waals surface area contributed by atoms with Crippen LogP contribution in [0.15, 0.2) is 22.7 Å². The molecule has 1 aromatic carbocycles. The van der Waals surface area contributed by atoms with Crippen molar-refractivity contribution in [2.24, 2.45) is 0 Å². The minimum absolute atomic E-state index is 0.714. The summed E-state index contributed by atoms with van der Waals surface area (Å²) in [6.45, 7) is 4.76. The van der Waals surface area contributed by atoms with Gasteiger partial charge in [-0.05, 0) is 44.0 Å². The van der Waals surface area contributed by atoms with Crippen LogP contribution < -0.4 is 4.90 Å². The van der Waals surface area contributed by atoms with Crippen molar-refractivity contribution in [3.8, 4) is 0 Å². The summed E-state index contributed by atoms with van der Waals surface area (Å²) in [6, 6.07) is 6.87. The van der Waals surface area contributed by atoms with E-state index in [0.29, 0.717) is 6.04 Å². The molecule has 0 spiro atoms. The first kappa shape index (κ1) is 13.7. The lowest BCUT2D eigenvalue weighted by Gasteiger charge is -2.36. The number of anilines is 1. The van der Waals surface area contributed by atoms with Crippen molar-refractivity contribution >= 4 is 33.2 Å². The molecule has 2 nitrogen and oxygen atoms in total. The summed E-state index contributed by atoms with van der Waals surface area (Å²) in [5, 5.41) is 0.868. The van der Waals surface area contributed by atoms with Gasteiger partial charge in [0.2, 0.25) is 0 Å². The topological polar surface area (TPSA) is 6.48 Å². The average molecular weight is 344 g/mol. The molecule has 0 saturated carbocycles. The number of hydrogen-bond acceptors (Lipinski definition) is 2. The lowest BCUT2D eigenvalue weighted by molar-refractivity contribution is 0.162. The molecule has 2 heterocycles. The largest absolute Gasteiger partial charge is 0.369 e. The van der Waals surface area contributed by atoms with Gasteiger partial charge in [-0.3, -0.25) is 4.90 Å². The maximum atomic E-state index is 6.38. The van der Waals surface area contributed by atoms with E-state index in [0.717, 1.165) is 22.6 Å². The number of hydrogen-bond donors (Lipinski definition) is 0. The van der Waals surface area contributed by atoms with Crippen LogP contribution in [-0.2, 0) is 0 Å². The molecule has 1 atom stereocenters. The van der Waals surface area contributed by atoms with Gasteiger partial charge in [0.15, 0.2) is 0 Å². The third-order valence-corrected chi connectivity index (χ3v) is 5.12. The van der Waals surface area contributed by atoms with Gasteiger partial charge in [-0.15, -0.1) is 0 Å². The second kappa shape index (κ2) is 6.02. The second-order valence-electron chi connectivity index (χ2n) is 5.58. The number of fused-ring (bicyclic) bond motifs is 1. The van der Waals surface area contributed by atoms with Crippen LogP contribution in [0.2, 0.25) is 5.02 Å². The van der Waals surface area contributed by atoms with Gasteiger partial charge in [-0.1, -0.05) is 34.0 Å². The average Bonchev–Trinajstić information content (AvgIpc) is 2.63. The van der Waals surface area contributed by atoms with Gasteiger partial charge in [-0.2, -0.15) is 0 Å². The van der Waals surface area contributed by atoms with Crippen molar-refractivity contribution in [2.75, 3.05) is 31.1 Å². The van der Waals surface area contributed by atoms with Crippen LogP contribution in [0.1, 0.15) is 25.7 Å². The molecule has 2 fully saturated rings. The molecule has 0 aliphatic carbocycles. The van der Waals surface area contributed by atoms with Crippen LogP contribution in [0.4, 0.5) is 5.69 Å². The van der Waals surface area contributed by atoms with Gasteiger partial charge >= 0.3 is 0 Å². The Hall–Kier alpha value is -0.250. The predicted octanol–water partition coefficient (Wildman–Crippen LogP) is 4.17. The van der Waals surface area contributed by atoms with Crippen LogP contribution >= 0.6 is 27.5 Å². The van der Waals surface area contributed by atoms with Crippen molar-refractivity contribution in [1.82, 2.24) is 4.90 Å². The molecule has 0 N–H and O–H groups in total. The van der Waals surface area contributed by atoms with Crippen molar-refractivity contribution in [1.29, 1.82) is 0 Å². The molecule has 3 rings (SSSR count). The highest BCUT2D eigenvalue weighted by Crippen LogP contribution is 2.32. The smallest absolute Gasteiger partial charge is 0.0640 e. The van der Waals surface area contributed by atoms with E-state index in [1.807, 2.05) is 12.1 Å². The molecule has 19 heavy (non-hydrogen) atoms. The lowest BCUT2D eigenvalue weighted by atomic mass is 10.0. The molecular weight excluding hydrogens is 324 g/mol. The summed E-state index contributed by atoms with van der Waals surface area (Å²) in [5.74, 6) is 0. The van der Waals surface area contributed by atoms with Crippen LogP contribution in [-0.4, -0.2) is 37.1 Å². The summed E-state index contributed by atoms with van der Waals surface area (Å²) in [4.78, 5) is 5.15. The second-order valence-corrected chi connectivity index (χ2v) is 6.90. The Balaban J connectivity index is 1.82. The number of piperidine rings is 1. The number of rotatable bonds is 1. The van der Waals surface area contributed by atoms with E-state index >= 15 is 0 Å². The molecule has 1 aromatic rings. The van der Waals surface area contributed by atoms with E-state index in [1.54, 1.807) is 0 Å². The van der Waals surface area contributed by atoms with Gasteiger partial charge in [0.1, 0.15) is 0 Å². The zero-order valence-corrected chi connectivity index (χ0v) is 13.5. The standard InChI is InChI=1S/C15H20BrClN2/c16-12-5-6-14(17)15(10-12)19-9-3-8-18-7-2-1-4-13(18)11-19/h5-6,10,13H,1-4,7-9,11H2. The normalized spacial score (nSPS) is 24.9. The van der Waals surface area contributed by atoms with Gasteiger partial charge in [0.25, 0.3) is 0 Å². The maximum Gasteiger partial charge on any atom is 0.0640 e. The monoisotopic (exact) mass is 342 g/mol. The first-order chi connectivity index (χ1) is 9.24. The molecule has 0 aromatic heterocycles. The molecule has 2 aliphatic heterocycles. The van der Waals surface area contributed by atoms with Crippen molar-refractivity contribution in [3.05, 3.63) is 27.7 Å². The van der Waals surface area contributed by atoms with E-state index in [1.165, 1.54) is 44.5 Å². The number of benzene rings is 1. The van der Waals surface area contributed by atoms with Gasteiger partial charge in [-0.25, -0.2) is 0 Å². The summed E-state index contributed by atoms with van der Waals surface area (Å²) in [5.41, 5.74) is 1.18. The fourth-order valence-electron chi connectivity index (χ4n) is 3.32. The third kappa shape index (κ3) is 3.09. The minimum atomic E-state index is 0.714. The summed E-state index contributed by atoms with van der Waals surface area (Å²) in [6.07, 6.45) is 5.32. The minimum Gasteiger partial charge on any atom is -0.369 e. The van der Waals surface area contributed by atoms with Crippen LogP contribution in [0, 0.1) is 0 Å². The Morgan fingerprint density at radius 3 is 2.84 bits per heavy atom. The first-order valence-corrected chi connectivity index (χ1v) is 8.35. The van der Waals surface area contributed by atoms with Crippen LogP contribution in [0.25, 0.3) is 0 Å². The zero-order valence-electron chi connectivity index (χ0n) is 11.1. The molecule has 104 valence electrons. The Kier molecular flexibility index (Phi) is 4.35. The molecule has 2 aliphatic rings. The Morgan fingerprint density at radius 2 is 1.95 bits per heavy atom. The van der Waals surface area contributed by atoms with Gasteiger partial charge in [0.05, 0.1) is 10.7 Å². The lowest BCUT2D eigenvalue weighted by Crippen LogP contribution is -2.44. The third-order valence-electron chi connectivity index (χ3n) is 4.30. The molecule has 0 amide bonds. The summed E-state index contributed by atoms with van der Waals surface area (Å²) < 4.78 is 1.11. The predicted molar refractivity (Wildman–Crippen MR) is 85.2 cm³/mol. The van der Waals surface area contributed by atoms with Crippen molar-refractivity contribution < 1.29 is 0 Å². The van der Waals surface area contributed by atoms with E-state index < -0.39 is 0 Å². The highest BCUT2D eigenvalue weighted by molar-refractivity contribution is 9.10. The number of halogens is 2. The molecule has 1 unspecified atom stereocenters. The highest BCUT2D eigenvalue weighted by Gasteiger charge is 2.27. The molecule has 0 radical (unpaired) electrons. The maximum absolute atomic E-state index is 6.38. The fraction of sp³-hybridized carbons (Fsp3) is 0.600. The molecule has 0 bridgehead atoms. The first-order valence-electron chi connectivity index (χ1n) is 7.18. The molecular formula is C15H20BrClN2. The van der Waals surface area contributed by atoms with E-state index in [9.17, 15) is 0 Å². The Labute approximate surface area is 128 Å². The summed E-state index contributed by atoms with van der Waals surface area (Å²) >= 11 is 9.94. The number of nitrogens with zero attached hydrogens (tertiary/aromatic N) is 2. The zero-order chi connectivity index (χ0) is 13.2. The quantitative estimate of drug-likeness (QED) is 0.755.